The van der Waals surface area contributed by atoms with Gasteiger partial charge < -0.3 is 14.7 Å². The molecular weight excluding hydrogens is 354 g/mol. The summed E-state index contributed by atoms with van der Waals surface area (Å²) in [4.78, 5) is 2.11. The summed E-state index contributed by atoms with van der Waals surface area (Å²) in [6.07, 6.45) is 1.74. The van der Waals surface area contributed by atoms with Crippen LogP contribution >= 0.6 is 0 Å². The molecule has 1 N–H and O–H groups in total. The normalized spacial score (nSPS) is 14.7. The van der Waals surface area contributed by atoms with Gasteiger partial charge in [-0.3, -0.25) is 4.57 Å². The Hall–Kier alpha value is -3.63. The van der Waals surface area contributed by atoms with Gasteiger partial charge in [0.1, 0.15) is 11.8 Å². The molecule has 2 aromatic carbocycles. The van der Waals surface area contributed by atoms with Crippen LogP contribution in [0.1, 0.15) is 11.4 Å². The molecule has 140 valence electrons. The molecule has 1 aromatic heterocycles. The van der Waals surface area contributed by atoms with Gasteiger partial charge in [-0.05, 0) is 35.9 Å². The van der Waals surface area contributed by atoms with Crippen molar-refractivity contribution < 1.29 is 9.84 Å². The number of morpholine rings is 1. The largest absolute Gasteiger partial charge is 0.508 e. The monoisotopic (exact) mass is 373 g/mol. The van der Waals surface area contributed by atoms with Crippen molar-refractivity contribution >= 4 is 17.6 Å². The van der Waals surface area contributed by atoms with E-state index in [9.17, 15) is 10.4 Å². The van der Waals surface area contributed by atoms with Gasteiger partial charge in [0, 0.05) is 13.1 Å². The zero-order valence-electron chi connectivity index (χ0n) is 15.2. The maximum atomic E-state index is 9.80. The van der Waals surface area contributed by atoms with Crippen LogP contribution in [0.5, 0.6) is 5.75 Å². The summed E-state index contributed by atoms with van der Waals surface area (Å²) < 4.78 is 7.35. The van der Waals surface area contributed by atoms with Gasteiger partial charge in [-0.2, -0.15) is 5.26 Å². The zero-order valence-corrected chi connectivity index (χ0v) is 15.2. The van der Waals surface area contributed by atoms with E-state index in [-0.39, 0.29) is 5.75 Å². The van der Waals surface area contributed by atoms with Crippen LogP contribution in [0.15, 0.2) is 54.6 Å². The number of phenolic OH excluding ortho intramolecular Hbond substituents is 1. The predicted molar refractivity (Wildman–Crippen MR) is 106 cm³/mol. The summed E-state index contributed by atoms with van der Waals surface area (Å²) in [6.45, 7) is 2.69. The molecule has 0 radical (unpaired) electrons. The SMILES string of the molecule is N#C/C(=C\c1ccc(O)cc1)c1nnc(N2CCOCC2)n1-c1ccccc1. The molecule has 1 aliphatic heterocycles. The Balaban J connectivity index is 1.82. The number of benzene rings is 2. The van der Waals surface area contributed by atoms with Crippen LogP contribution in [-0.2, 0) is 4.74 Å². The Bertz CT molecular complexity index is 1010. The third-order valence-electron chi connectivity index (χ3n) is 4.52. The molecule has 0 saturated carbocycles. The number of rotatable bonds is 4. The lowest BCUT2D eigenvalue weighted by molar-refractivity contribution is 0.122. The molecule has 7 heteroatoms. The highest BCUT2D eigenvalue weighted by Gasteiger charge is 2.23. The number of hydrogen-bond acceptors (Lipinski definition) is 6. The first-order valence-corrected chi connectivity index (χ1v) is 9.01. The van der Waals surface area contributed by atoms with Crippen molar-refractivity contribution in [1.82, 2.24) is 14.8 Å². The average molecular weight is 373 g/mol. The van der Waals surface area contributed by atoms with Crippen LogP contribution in [0.2, 0.25) is 0 Å². The smallest absolute Gasteiger partial charge is 0.232 e. The summed E-state index contributed by atoms with van der Waals surface area (Å²) in [7, 11) is 0. The number of hydrogen-bond donors (Lipinski definition) is 1. The van der Waals surface area contributed by atoms with Crippen LogP contribution in [0.4, 0.5) is 5.95 Å². The van der Waals surface area contributed by atoms with Crippen molar-refractivity contribution in [3.8, 4) is 17.5 Å². The van der Waals surface area contributed by atoms with Gasteiger partial charge in [0.05, 0.1) is 24.5 Å². The Morgan fingerprint density at radius 2 is 1.75 bits per heavy atom. The van der Waals surface area contributed by atoms with Crippen molar-refractivity contribution in [3.05, 3.63) is 66.0 Å². The summed E-state index contributed by atoms with van der Waals surface area (Å²) in [5.74, 6) is 1.34. The lowest BCUT2D eigenvalue weighted by Crippen LogP contribution is -2.38. The van der Waals surface area contributed by atoms with Crippen LogP contribution < -0.4 is 4.90 Å². The van der Waals surface area contributed by atoms with Gasteiger partial charge in [0.2, 0.25) is 5.95 Å². The molecule has 4 rings (SSSR count). The van der Waals surface area contributed by atoms with E-state index >= 15 is 0 Å². The average Bonchev–Trinajstić information content (AvgIpc) is 3.19. The molecule has 0 aliphatic carbocycles. The fourth-order valence-electron chi connectivity index (χ4n) is 3.12. The van der Waals surface area contributed by atoms with E-state index in [0.717, 1.165) is 11.3 Å². The molecule has 7 nitrogen and oxygen atoms in total. The molecular formula is C21H19N5O2. The fourth-order valence-corrected chi connectivity index (χ4v) is 3.12. The summed E-state index contributed by atoms with van der Waals surface area (Å²) in [5, 5.41) is 28.0. The molecule has 28 heavy (non-hydrogen) atoms. The van der Waals surface area contributed by atoms with Gasteiger partial charge >= 0.3 is 0 Å². The number of phenols is 1. The Morgan fingerprint density at radius 3 is 2.43 bits per heavy atom. The molecule has 1 fully saturated rings. The van der Waals surface area contributed by atoms with Crippen molar-refractivity contribution in [1.29, 1.82) is 5.26 Å². The number of nitriles is 1. The van der Waals surface area contributed by atoms with Crippen molar-refractivity contribution in [3.63, 3.8) is 0 Å². The standard InChI is InChI=1S/C21H19N5O2/c22-15-17(14-16-6-8-19(27)9-7-16)20-23-24-21(25-10-12-28-13-11-25)26(20)18-4-2-1-3-5-18/h1-9,14,27H,10-13H2/b17-14+. The van der Waals surface area contributed by atoms with Crippen LogP contribution in [0, 0.1) is 11.3 Å². The number of para-hydroxylation sites is 1. The fraction of sp³-hybridized carbons (Fsp3) is 0.190. The number of ether oxygens (including phenoxy) is 1. The first-order chi connectivity index (χ1) is 13.8. The number of anilines is 1. The van der Waals surface area contributed by atoms with Crippen molar-refractivity contribution in [2.45, 2.75) is 0 Å². The quantitative estimate of drug-likeness (QED) is 0.708. The highest BCUT2D eigenvalue weighted by Crippen LogP contribution is 2.26. The number of allylic oxidation sites excluding steroid dienone is 1. The summed E-state index contributed by atoms with van der Waals surface area (Å²) in [6, 6.07) is 18.7. The summed E-state index contributed by atoms with van der Waals surface area (Å²) >= 11 is 0. The number of nitrogens with zero attached hydrogens (tertiary/aromatic N) is 5. The van der Waals surface area contributed by atoms with E-state index in [4.69, 9.17) is 4.74 Å². The van der Waals surface area contributed by atoms with Gasteiger partial charge in [-0.1, -0.05) is 30.3 Å². The van der Waals surface area contributed by atoms with Crippen LogP contribution in [0.25, 0.3) is 17.3 Å². The highest BCUT2D eigenvalue weighted by atomic mass is 16.5. The van der Waals surface area contributed by atoms with Gasteiger partial charge in [0.25, 0.3) is 0 Å². The first-order valence-electron chi connectivity index (χ1n) is 9.01. The highest BCUT2D eigenvalue weighted by molar-refractivity contribution is 5.88. The van der Waals surface area contributed by atoms with E-state index in [1.807, 2.05) is 34.9 Å². The van der Waals surface area contributed by atoms with Crippen LogP contribution in [-0.4, -0.2) is 46.2 Å². The molecule has 1 saturated heterocycles. The number of aromatic nitrogens is 3. The second kappa shape index (κ2) is 7.94. The number of aromatic hydroxyl groups is 1. The molecule has 0 amide bonds. The van der Waals surface area contributed by atoms with Crippen molar-refractivity contribution in [2.75, 3.05) is 31.2 Å². The van der Waals surface area contributed by atoms with E-state index in [2.05, 4.69) is 21.2 Å². The minimum Gasteiger partial charge on any atom is -0.508 e. The maximum absolute atomic E-state index is 9.80. The van der Waals surface area contributed by atoms with Crippen LogP contribution in [0.3, 0.4) is 0 Å². The molecule has 0 bridgehead atoms. The van der Waals surface area contributed by atoms with E-state index < -0.39 is 0 Å². The minimum absolute atomic E-state index is 0.178. The Kier molecular flexibility index (Phi) is 5.04. The third-order valence-corrected chi connectivity index (χ3v) is 4.52. The predicted octanol–water partition coefficient (Wildman–Crippen LogP) is 2.87. The molecule has 3 aromatic rings. The minimum atomic E-state index is 0.178. The molecule has 0 unspecified atom stereocenters. The molecule has 2 heterocycles. The Morgan fingerprint density at radius 1 is 1.04 bits per heavy atom. The molecule has 0 spiro atoms. The van der Waals surface area contributed by atoms with E-state index in [0.29, 0.717) is 43.6 Å². The zero-order chi connectivity index (χ0) is 19.3. The second-order valence-corrected chi connectivity index (χ2v) is 6.36. The molecule has 0 atom stereocenters. The lowest BCUT2D eigenvalue weighted by Gasteiger charge is -2.28. The summed E-state index contributed by atoms with van der Waals surface area (Å²) in [5.41, 5.74) is 2.07. The maximum Gasteiger partial charge on any atom is 0.232 e. The van der Waals surface area contributed by atoms with Gasteiger partial charge in [-0.25, -0.2) is 0 Å². The van der Waals surface area contributed by atoms with Gasteiger partial charge in [0.15, 0.2) is 5.82 Å². The lowest BCUT2D eigenvalue weighted by atomic mass is 10.1. The van der Waals surface area contributed by atoms with E-state index in [1.165, 1.54) is 0 Å². The third kappa shape index (κ3) is 3.59. The second-order valence-electron chi connectivity index (χ2n) is 6.36. The van der Waals surface area contributed by atoms with E-state index in [1.54, 1.807) is 30.3 Å². The Labute approximate surface area is 162 Å². The topological polar surface area (TPSA) is 87.2 Å². The molecule has 1 aliphatic rings. The van der Waals surface area contributed by atoms with Gasteiger partial charge in [-0.15, -0.1) is 10.2 Å². The first kappa shape index (κ1) is 17.8. The van der Waals surface area contributed by atoms with Crippen molar-refractivity contribution in [2.24, 2.45) is 0 Å².